The molecule has 0 aliphatic carbocycles. The van der Waals surface area contributed by atoms with Gasteiger partial charge in [-0.2, -0.15) is 0 Å². The van der Waals surface area contributed by atoms with Crippen molar-refractivity contribution in [1.29, 1.82) is 0 Å². The smallest absolute Gasteiger partial charge is 0.137 e. The van der Waals surface area contributed by atoms with Crippen LogP contribution in [-0.2, 0) is 0 Å². The summed E-state index contributed by atoms with van der Waals surface area (Å²) in [5.41, 5.74) is 6.39. The van der Waals surface area contributed by atoms with Gasteiger partial charge < -0.3 is 10.8 Å². The van der Waals surface area contributed by atoms with Gasteiger partial charge in [-0.1, -0.05) is 12.1 Å². The second-order valence-corrected chi connectivity index (χ2v) is 5.81. The SMILES string of the molecule is NCC(c1cccs1)C(O)c1ccc(F)c(Br)c1. The van der Waals surface area contributed by atoms with Crippen LogP contribution in [-0.4, -0.2) is 11.7 Å². The standard InChI is InChI=1S/C13H13BrFNOS/c14-10-6-8(3-4-11(10)15)13(17)9(7-16)12-2-1-5-18-12/h1-6,9,13,17H,7,16H2. The fourth-order valence-electron chi connectivity index (χ4n) is 1.83. The lowest BCUT2D eigenvalue weighted by molar-refractivity contribution is 0.148. The Kier molecular flexibility index (Phi) is 4.50. The highest BCUT2D eigenvalue weighted by molar-refractivity contribution is 9.10. The van der Waals surface area contributed by atoms with Gasteiger partial charge in [-0.05, 0) is 45.1 Å². The van der Waals surface area contributed by atoms with E-state index in [0.717, 1.165) is 4.88 Å². The summed E-state index contributed by atoms with van der Waals surface area (Å²) in [4.78, 5) is 1.03. The minimum absolute atomic E-state index is 0.164. The topological polar surface area (TPSA) is 46.2 Å². The molecular formula is C13H13BrFNOS. The van der Waals surface area contributed by atoms with E-state index in [9.17, 15) is 9.50 Å². The molecule has 3 N–H and O–H groups in total. The van der Waals surface area contributed by atoms with Gasteiger partial charge in [0.25, 0.3) is 0 Å². The van der Waals surface area contributed by atoms with Gasteiger partial charge in [-0.3, -0.25) is 0 Å². The molecular weight excluding hydrogens is 317 g/mol. The highest BCUT2D eigenvalue weighted by Gasteiger charge is 2.22. The minimum Gasteiger partial charge on any atom is -0.388 e. The second kappa shape index (κ2) is 5.93. The monoisotopic (exact) mass is 329 g/mol. The van der Waals surface area contributed by atoms with Crippen LogP contribution in [0, 0.1) is 5.82 Å². The van der Waals surface area contributed by atoms with Crippen LogP contribution in [0.15, 0.2) is 40.2 Å². The number of aliphatic hydroxyl groups excluding tert-OH is 1. The molecule has 5 heteroatoms. The van der Waals surface area contributed by atoms with Crippen LogP contribution in [0.4, 0.5) is 4.39 Å². The molecule has 2 rings (SSSR count). The average Bonchev–Trinajstić information content (AvgIpc) is 2.87. The molecule has 0 aliphatic rings. The molecule has 1 heterocycles. The molecule has 2 aromatic rings. The molecule has 1 aromatic carbocycles. The second-order valence-electron chi connectivity index (χ2n) is 3.98. The van der Waals surface area contributed by atoms with E-state index in [2.05, 4.69) is 15.9 Å². The highest BCUT2D eigenvalue weighted by Crippen LogP contribution is 2.34. The van der Waals surface area contributed by atoms with Crippen molar-refractivity contribution in [2.75, 3.05) is 6.54 Å². The largest absolute Gasteiger partial charge is 0.388 e. The normalized spacial score (nSPS) is 14.4. The first-order chi connectivity index (χ1) is 8.63. The minimum atomic E-state index is -0.731. The first kappa shape index (κ1) is 13.7. The third-order valence-corrected chi connectivity index (χ3v) is 4.44. The van der Waals surface area contributed by atoms with E-state index < -0.39 is 6.10 Å². The van der Waals surface area contributed by atoms with E-state index in [4.69, 9.17) is 5.73 Å². The van der Waals surface area contributed by atoms with Crippen molar-refractivity contribution in [2.24, 2.45) is 5.73 Å². The van der Waals surface area contributed by atoms with E-state index in [0.29, 0.717) is 16.6 Å². The van der Waals surface area contributed by atoms with Crippen molar-refractivity contribution < 1.29 is 9.50 Å². The highest BCUT2D eigenvalue weighted by atomic mass is 79.9. The Labute approximate surface area is 117 Å². The van der Waals surface area contributed by atoms with E-state index >= 15 is 0 Å². The summed E-state index contributed by atoms with van der Waals surface area (Å²) in [5.74, 6) is -0.506. The van der Waals surface area contributed by atoms with E-state index in [1.54, 1.807) is 23.5 Å². The van der Waals surface area contributed by atoms with Gasteiger partial charge in [0.15, 0.2) is 0 Å². The zero-order chi connectivity index (χ0) is 13.1. The summed E-state index contributed by atoms with van der Waals surface area (Å²) >= 11 is 4.68. The predicted molar refractivity (Wildman–Crippen MR) is 75.2 cm³/mol. The Morgan fingerprint density at radius 3 is 2.72 bits per heavy atom. The molecule has 0 aliphatic heterocycles. The summed E-state index contributed by atoms with van der Waals surface area (Å²) < 4.78 is 13.5. The van der Waals surface area contributed by atoms with Crippen LogP contribution >= 0.6 is 27.3 Å². The molecule has 96 valence electrons. The van der Waals surface area contributed by atoms with Crippen LogP contribution < -0.4 is 5.73 Å². The fourth-order valence-corrected chi connectivity index (χ4v) is 3.10. The summed E-state index contributed by atoms with van der Waals surface area (Å²) in [6.45, 7) is 0.344. The number of benzene rings is 1. The third-order valence-electron chi connectivity index (χ3n) is 2.83. The molecule has 2 atom stereocenters. The molecule has 1 aromatic heterocycles. The van der Waals surface area contributed by atoms with Crippen molar-refractivity contribution in [3.63, 3.8) is 0 Å². The molecule has 0 saturated carbocycles. The Hall–Kier alpha value is -0.750. The number of hydrogen-bond acceptors (Lipinski definition) is 3. The summed E-state index contributed by atoms with van der Waals surface area (Å²) in [5, 5.41) is 12.3. The van der Waals surface area contributed by atoms with Crippen molar-refractivity contribution in [3.8, 4) is 0 Å². The molecule has 0 bridgehead atoms. The molecule has 18 heavy (non-hydrogen) atoms. The summed E-state index contributed by atoms with van der Waals surface area (Å²) in [6.07, 6.45) is -0.731. The van der Waals surface area contributed by atoms with Gasteiger partial charge in [0.05, 0.1) is 10.6 Å². The van der Waals surface area contributed by atoms with Gasteiger partial charge >= 0.3 is 0 Å². The first-order valence-electron chi connectivity index (χ1n) is 5.50. The lowest BCUT2D eigenvalue weighted by Crippen LogP contribution is -2.19. The Morgan fingerprint density at radius 1 is 1.39 bits per heavy atom. The Bertz CT molecular complexity index is 518. The maximum Gasteiger partial charge on any atom is 0.137 e. The summed E-state index contributed by atoms with van der Waals surface area (Å²) in [6, 6.07) is 8.39. The maximum absolute atomic E-state index is 13.2. The first-order valence-corrected chi connectivity index (χ1v) is 7.17. The number of hydrogen-bond donors (Lipinski definition) is 2. The van der Waals surface area contributed by atoms with Crippen LogP contribution in [0.5, 0.6) is 0 Å². The zero-order valence-corrected chi connectivity index (χ0v) is 11.9. The summed E-state index contributed by atoms with van der Waals surface area (Å²) in [7, 11) is 0. The Morgan fingerprint density at radius 2 is 2.17 bits per heavy atom. The molecule has 0 spiro atoms. The quantitative estimate of drug-likeness (QED) is 0.902. The number of nitrogens with two attached hydrogens (primary N) is 1. The van der Waals surface area contributed by atoms with Crippen LogP contribution in [0.1, 0.15) is 22.5 Å². The predicted octanol–water partition coefficient (Wildman–Crippen LogP) is 3.43. The number of thiophene rings is 1. The van der Waals surface area contributed by atoms with E-state index in [1.165, 1.54) is 6.07 Å². The van der Waals surface area contributed by atoms with Crippen molar-refractivity contribution >= 4 is 27.3 Å². The zero-order valence-electron chi connectivity index (χ0n) is 9.51. The van der Waals surface area contributed by atoms with E-state index in [-0.39, 0.29) is 11.7 Å². The van der Waals surface area contributed by atoms with Crippen molar-refractivity contribution in [3.05, 3.63) is 56.4 Å². The number of halogens is 2. The van der Waals surface area contributed by atoms with Crippen molar-refractivity contribution in [1.82, 2.24) is 0 Å². The fraction of sp³-hybridized carbons (Fsp3) is 0.231. The number of rotatable bonds is 4. The third kappa shape index (κ3) is 2.80. The van der Waals surface area contributed by atoms with Crippen LogP contribution in [0.25, 0.3) is 0 Å². The molecule has 0 fully saturated rings. The average molecular weight is 330 g/mol. The molecule has 2 unspecified atom stereocenters. The van der Waals surface area contributed by atoms with Gasteiger partial charge in [-0.15, -0.1) is 11.3 Å². The molecule has 0 saturated heterocycles. The maximum atomic E-state index is 13.2. The lowest BCUT2D eigenvalue weighted by atomic mass is 9.94. The van der Waals surface area contributed by atoms with Gasteiger partial charge in [0, 0.05) is 17.3 Å². The van der Waals surface area contributed by atoms with Gasteiger partial charge in [0.2, 0.25) is 0 Å². The van der Waals surface area contributed by atoms with Crippen LogP contribution in [0.3, 0.4) is 0 Å². The van der Waals surface area contributed by atoms with Crippen molar-refractivity contribution in [2.45, 2.75) is 12.0 Å². The lowest BCUT2D eigenvalue weighted by Gasteiger charge is -2.21. The van der Waals surface area contributed by atoms with E-state index in [1.807, 2.05) is 17.5 Å². The molecule has 0 amide bonds. The van der Waals surface area contributed by atoms with Crippen LogP contribution in [0.2, 0.25) is 0 Å². The number of aliphatic hydroxyl groups is 1. The van der Waals surface area contributed by atoms with Gasteiger partial charge in [0.1, 0.15) is 5.82 Å². The Balaban J connectivity index is 2.28. The molecule has 0 radical (unpaired) electrons. The molecule has 2 nitrogen and oxygen atoms in total. The van der Waals surface area contributed by atoms with Gasteiger partial charge in [-0.25, -0.2) is 4.39 Å².